The number of carbonyl (C=O) groups excluding carboxylic acids is 2. The van der Waals surface area contributed by atoms with Crippen LogP contribution in [0.4, 0.5) is 0 Å². The summed E-state index contributed by atoms with van der Waals surface area (Å²) in [5.41, 5.74) is 4.02. The summed E-state index contributed by atoms with van der Waals surface area (Å²) in [5.74, 6) is 4.28. The number of piperidine rings is 2. The smallest absolute Gasteiger partial charge is 0.197 e. The van der Waals surface area contributed by atoms with Crippen LogP contribution in [-0.2, 0) is 42.7 Å². The number of Topliss-reactive ketones (excluding diaryl/α,β-unsaturated/α-hetero) is 2. The first kappa shape index (κ1) is 35.0. The first-order valence-electron chi connectivity index (χ1n) is 18.8. The molecule has 4 bridgehead atoms. The van der Waals surface area contributed by atoms with Crippen LogP contribution in [0.1, 0.15) is 60.8 Å². The Labute approximate surface area is 307 Å². The third-order valence-electron chi connectivity index (χ3n) is 13.4. The van der Waals surface area contributed by atoms with Crippen LogP contribution >= 0.6 is 0 Å². The third-order valence-corrected chi connectivity index (χ3v) is 13.4. The maximum Gasteiger partial charge on any atom is 0.197 e. The van der Waals surface area contributed by atoms with E-state index in [0.29, 0.717) is 61.2 Å². The Hall–Kier alpha value is -4.02. The molecule has 2 aliphatic heterocycles. The van der Waals surface area contributed by atoms with Crippen molar-refractivity contribution in [1.29, 1.82) is 0 Å². The predicted molar refractivity (Wildman–Crippen MR) is 195 cm³/mol. The molecule has 6 atom stereocenters. The first-order chi connectivity index (χ1) is 25.2. The highest BCUT2D eigenvalue weighted by molar-refractivity contribution is 5.97. The summed E-state index contributed by atoms with van der Waals surface area (Å²) < 4.78 is 36.3. The molecule has 278 valence electrons. The van der Waals surface area contributed by atoms with Crippen LogP contribution in [-0.4, -0.2) is 102 Å². The Morgan fingerprint density at radius 3 is 1.44 bits per heavy atom. The van der Waals surface area contributed by atoms with Gasteiger partial charge in [-0.15, -0.1) is 0 Å². The number of ketones is 2. The van der Waals surface area contributed by atoms with Gasteiger partial charge >= 0.3 is 0 Å². The molecule has 0 radical (unpaired) electrons. The standard InChI is InChI=1S/C42H52N2O8/c1-43-15-13-41-23-31(45)35(49-5)21-27(41)29(43)19-25-9-11-33(47-3)39(37(25)41)51-17-7-8-18-52-40-34(48-4)12-10-26-20-30-28-22-36(50-6)32(46)24-42(28,38(26)40)14-16-44(30)2/h9-12,21-22,27-30H,7-8,13-20,23-24H2,1-6H3/t27-,28-,29+,30+,41-,42-/m1/s1. The van der Waals surface area contributed by atoms with Crippen LogP contribution in [0.2, 0.25) is 0 Å². The van der Waals surface area contributed by atoms with Crippen LogP contribution in [0.25, 0.3) is 0 Å². The molecule has 4 aliphatic carbocycles. The minimum absolute atomic E-state index is 0.0498. The van der Waals surface area contributed by atoms with E-state index in [1.54, 1.807) is 28.4 Å². The average Bonchev–Trinajstić information content (AvgIpc) is 3.14. The van der Waals surface area contributed by atoms with Gasteiger partial charge < -0.3 is 38.2 Å². The number of likely N-dealkylation sites (tertiary alicyclic amines) is 2. The Balaban J connectivity index is 1.02. The van der Waals surface area contributed by atoms with Crippen molar-refractivity contribution in [3.8, 4) is 23.0 Å². The number of hydrogen-bond donors (Lipinski definition) is 0. The molecule has 0 amide bonds. The van der Waals surface area contributed by atoms with E-state index in [2.05, 4.69) is 48.2 Å². The minimum Gasteiger partial charge on any atom is -0.493 e. The molecule has 2 fully saturated rings. The Kier molecular flexibility index (Phi) is 9.05. The Morgan fingerprint density at radius 2 is 1.06 bits per heavy atom. The van der Waals surface area contributed by atoms with Crippen LogP contribution in [0.3, 0.4) is 0 Å². The number of ether oxygens (including phenoxy) is 6. The molecule has 0 saturated carbocycles. The molecule has 10 nitrogen and oxygen atoms in total. The van der Waals surface area contributed by atoms with E-state index >= 15 is 0 Å². The lowest BCUT2D eigenvalue weighted by atomic mass is 9.53. The third kappa shape index (κ3) is 5.26. The van der Waals surface area contributed by atoms with E-state index in [9.17, 15) is 9.59 Å². The zero-order valence-electron chi connectivity index (χ0n) is 31.4. The number of nitrogens with zero attached hydrogens (tertiary/aromatic N) is 2. The lowest BCUT2D eigenvalue weighted by Crippen LogP contribution is -2.60. The van der Waals surface area contributed by atoms with Crippen LogP contribution in [0.15, 0.2) is 47.9 Å². The highest BCUT2D eigenvalue weighted by Gasteiger charge is 2.58. The van der Waals surface area contributed by atoms with Crippen molar-refractivity contribution in [3.05, 3.63) is 70.2 Å². The van der Waals surface area contributed by atoms with E-state index in [1.807, 2.05) is 12.1 Å². The van der Waals surface area contributed by atoms with Crippen molar-refractivity contribution in [2.45, 2.75) is 74.3 Å². The summed E-state index contributed by atoms with van der Waals surface area (Å²) in [6.07, 6.45) is 9.98. The van der Waals surface area contributed by atoms with Crippen molar-refractivity contribution in [1.82, 2.24) is 9.80 Å². The molecular weight excluding hydrogens is 660 g/mol. The van der Waals surface area contributed by atoms with E-state index < -0.39 is 0 Å². The molecule has 8 rings (SSSR count). The molecule has 52 heavy (non-hydrogen) atoms. The molecule has 0 N–H and O–H groups in total. The average molecular weight is 713 g/mol. The molecule has 2 saturated heterocycles. The summed E-state index contributed by atoms with van der Waals surface area (Å²) >= 11 is 0. The fourth-order valence-corrected chi connectivity index (χ4v) is 10.9. The van der Waals surface area contributed by atoms with Crippen molar-refractivity contribution in [2.75, 3.05) is 68.8 Å². The first-order valence-corrected chi connectivity index (χ1v) is 18.8. The highest BCUT2D eigenvalue weighted by atomic mass is 16.5. The zero-order chi connectivity index (χ0) is 36.4. The molecule has 10 heteroatoms. The van der Waals surface area contributed by atoms with E-state index in [0.717, 1.165) is 74.2 Å². The van der Waals surface area contributed by atoms with Gasteiger partial charge in [0.25, 0.3) is 0 Å². The maximum absolute atomic E-state index is 13.4. The zero-order valence-corrected chi connectivity index (χ0v) is 31.4. The molecule has 0 aromatic heterocycles. The number of hydrogen-bond acceptors (Lipinski definition) is 10. The predicted octanol–water partition coefficient (Wildman–Crippen LogP) is 5.18. The van der Waals surface area contributed by atoms with Gasteiger partial charge in [-0.05, 0) is 101 Å². The molecule has 0 spiro atoms. The topological polar surface area (TPSA) is 96.0 Å². The minimum atomic E-state index is -0.357. The normalized spacial score (nSPS) is 30.5. The van der Waals surface area contributed by atoms with Gasteiger partial charge in [-0.3, -0.25) is 9.59 Å². The fourth-order valence-electron chi connectivity index (χ4n) is 10.9. The lowest BCUT2D eigenvalue weighted by molar-refractivity contribution is -0.123. The monoisotopic (exact) mass is 712 g/mol. The molecule has 2 aromatic carbocycles. The van der Waals surface area contributed by atoms with Gasteiger partial charge in [0.1, 0.15) is 0 Å². The largest absolute Gasteiger partial charge is 0.493 e. The van der Waals surface area contributed by atoms with Gasteiger partial charge in [-0.25, -0.2) is 0 Å². The number of likely N-dealkylation sites (N-methyl/N-ethyl adjacent to an activating group) is 2. The van der Waals surface area contributed by atoms with E-state index in [-0.39, 0.29) is 34.2 Å². The number of fused-ring (bicyclic) bond motifs is 2. The van der Waals surface area contributed by atoms with E-state index in [1.165, 1.54) is 11.1 Å². The number of methoxy groups -OCH3 is 4. The fraction of sp³-hybridized carbons (Fsp3) is 0.571. The summed E-state index contributed by atoms with van der Waals surface area (Å²) in [5, 5.41) is 0. The second-order valence-electron chi connectivity index (χ2n) is 15.7. The van der Waals surface area contributed by atoms with Crippen molar-refractivity contribution in [3.63, 3.8) is 0 Å². The van der Waals surface area contributed by atoms with E-state index in [4.69, 9.17) is 28.4 Å². The van der Waals surface area contributed by atoms with Crippen LogP contribution < -0.4 is 18.9 Å². The van der Waals surface area contributed by atoms with Crippen molar-refractivity contribution in [2.24, 2.45) is 11.8 Å². The number of allylic oxidation sites excluding steroid dienone is 2. The summed E-state index contributed by atoms with van der Waals surface area (Å²) in [6, 6.07) is 8.93. The number of benzene rings is 2. The number of unbranched alkanes of at least 4 members (excludes halogenated alkanes) is 1. The van der Waals surface area contributed by atoms with Crippen LogP contribution in [0, 0.1) is 11.8 Å². The highest BCUT2D eigenvalue weighted by Crippen LogP contribution is 2.59. The summed E-state index contributed by atoms with van der Waals surface area (Å²) in [7, 11) is 10.9. The van der Waals surface area contributed by atoms with Gasteiger partial charge in [0.15, 0.2) is 46.1 Å². The van der Waals surface area contributed by atoms with Crippen molar-refractivity contribution < 1.29 is 38.0 Å². The summed E-state index contributed by atoms with van der Waals surface area (Å²) in [4.78, 5) is 31.6. The van der Waals surface area contributed by atoms with Gasteiger partial charge in [-0.2, -0.15) is 0 Å². The SMILES string of the molecule is COC1=C[C@@H]2[C@@H]3Cc4ccc(OC)c(OCCCCOc5c(OC)ccc6c5[C@@]57CCN(C)[C@@H](C6)[C@H]5C=C(OC)C(=O)C7)c4[C@]2(CCN3C)CC1=O. The summed E-state index contributed by atoms with van der Waals surface area (Å²) in [6.45, 7) is 2.80. The molecule has 2 aromatic rings. The second-order valence-corrected chi connectivity index (χ2v) is 15.7. The lowest BCUT2D eigenvalue weighted by Gasteiger charge is -2.56. The quantitative estimate of drug-likeness (QED) is 0.291. The molecular formula is C42H52N2O8. The Bertz CT molecular complexity index is 1700. The maximum atomic E-state index is 13.4. The number of rotatable bonds is 11. The van der Waals surface area contributed by atoms with Gasteiger partial charge in [-0.1, -0.05) is 12.1 Å². The molecule has 2 heterocycles. The van der Waals surface area contributed by atoms with Gasteiger partial charge in [0.2, 0.25) is 0 Å². The van der Waals surface area contributed by atoms with Gasteiger partial charge in [0.05, 0.1) is 41.7 Å². The van der Waals surface area contributed by atoms with Gasteiger partial charge in [0, 0.05) is 58.7 Å². The van der Waals surface area contributed by atoms with Crippen LogP contribution in [0.5, 0.6) is 23.0 Å². The number of carbonyl (C=O) groups is 2. The van der Waals surface area contributed by atoms with Crippen molar-refractivity contribution >= 4 is 11.6 Å². The Morgan fingerprint density at radius 1 is 0.635 bits per heavy atom. The molecule has 6 aliphatic rings. The molecule has 0 unspecified atom stereocenters. The second kappa shape index (κ2) is 13.4.